The number of hydrogen-bond donors (Lipinski definition) is 0. The summed E-state index contributed by atoms with van der Waals surface area (Å²) in [5, 5.41) is 0. The van der Waals surface area contributed by atoms with Crippen LogP contribution < -0.4 is 0 Å². The van der Waals surface area contributed by atoms with Crippen molar-refractivity contribution in [3.8, 4) is 0 Å². The zero-order valence-electron chi connectivity index (χ0n) is 6.88. The van der Waals surface area contributed by atoms with Gasteiger partial charge in [0, 0.05) is 0 Å². The molecule has 0 spiro atoms. The summed E-state index contributed by atoms with van der Waals surface area (Å²) in [6, 6.07) is 0. The lowest BCUT2D eigenvalue weighted by atomic mass is 9.83. The molecule has 2 aliphatic rings. The molecule has 0 aromatic heterocycles. The highest BCUT2D eigenvalue weighted by Gasteiger charge is 2.40. The Kier molecular flexibility index (Phi) is 1.63. The number of carbonyl (C=O) groups excluding carboxylic acids is 1. The number of carbonyl (C=O) groups is 1. The van der Waals surface area contributed by atoms with Crippen molar-refractivity contribution >= 4 is 5.97 Å². The van der Waals surface area contributed by atoms with Crippen LogP contribution in [0.15, 0.2) is 0 Å². The van der Waals surface area contributed by atoms with Gasteiger partial charge in [-0.1, -0.05) is 13.3 Å². The molecule has 0 aromatic rings. The van der Waals surface area contributed by atoms with Crippen LogP contribution in [-0.4, -0.2) is 12.6 Å². The standard InChI is InChI=1S/C9H14O2/c1-6-5-11-9(10)8-4-2-3-7(6)8/h6-8H,2-5H2,1H3/t6-,7?,8?/m0/s1. The first-order chi connectivity index (χ1) is 5.29. The van der Waals surface area contributed by atoms with Crippen molar-refractivity contribution in [2.24, 2.45) is 17.8 Å². The molecule has 11 heavy (non-hydrogen) atoms. The third-order valence-electron chi connectivity index (χ3n) is 3.09. The Hall–Kier alpha value is -0.530. The summed E-state index contributed by atoms with van der Waals surface area (Å²) in [4.78, 5) is 11.2. The molecule has 1 aliphatic carbocycles. The van der Waals surface area contributed by atoms with Gasteiger partial charge in [0.25, 0.3) is 0 Å². The van der Waals surface area contributed by atoms with Gasteiger partial charge in [0.2, 0.25) is 0 Å². The molecule has 2 fully saturated rings. The summed E-state index contributed by atoms with van der Waals surface area (Å²) in [6.45, 7) is 2.84. The van der Waals surface area contributed by atoms with Crippen LogP contribution in [0.5, 0.6) is 0 Å². The zero-order valence-corrected chi connectivity index (χ0v) is 6.88. The van der Waals surface area contributed by atoms with Crippen LogP contribution >= 0.6 is 0 Å². The highest BCUT2D eigenvalue weighted by molar-refractivity contribution is 5.73. The fourth-order valence-corrected chi connectivity index (χ4v) is 2.41. The minimum atomic E-state index is 0.0607. The van der Waals surface area contributed by atoms with Gasteiger partial charge in [-0.15, -0.1) is 0 Å². The van der Waals surface area contributed by atoms with Crippen molar-refractivity contribution in [2.45, 2.75) is 26.2 Å². The zero-order chi connectivity index (χ0) is 7.84. The van der Waals surface area contributed by atoms with Crippen LogP contribution in [0.3, 0.4) is 0 Å². The molecule has 0 aromatic carbocycles. The summed E-state index contributed by atoms with van der Waals surface area (Å²) in [5.41, 5.74) is 0. The van der Waals surface area contributed by atoms with Crippen LogP contribution in [0, 0.1) is 17.8 Å². The molecule has 0 radical (unpaired) electrons. The SMILES string of the molecule is C[C@H]1COC(=O)C2CCCC21. The average molecular weight is 154 g/mol. The summed E-state index contributed by atoms with van der Waals surface area (Å²) in [5.74, 6) is 1.54. The van der Waals surface area contributed by atoms with E-state index in [4.69, 9.17) is 4.74 Å². The largest absolute Gasteiger partial charge is 0.465 e. The van der Waals surface area contributed by atoms with Crippen LogP contribution in [0.1, 0.15) is 26.2 Å². The molecule has 2 heteroatoms. The Balaban J connectivity index is 2.14. The Morgan fingerprint density at radius 1 is 1.45 bits per heavy atom. The summed E-state index contributed by atoms with van der Waals surface area (Å²) in [6.07, 6.45) is 3.52. The average Bonchev–Trinajstić information content (AvgIpc) is 2.45. The molecular weight excluding hydrogens is 140 g/mol. The fourth-order valence-electron chi connectivity index (χ4n) is 2.41. The van der Waals surface area contributed by atoms with E-state index in [1.54, 1.807) is 0 Å². The smallest absolute Gasteiger partial charge is 0.309 e. The third kappa shape index (κ3) is 1.05. The highest BCUT2D eigenvalue weighted by atomic mass is 16.5. The van der Waals surface area contributed by atoms with E-state index in [1.165, 1.54) is 12.8 Å². The predicted octanol–water partition coefficient (Wildman–Crippen LogP) is 1.60. The van der Waals surface area contributed by atoms with Gasteiger partial charge in [-0.05, 0) is 24.7 Å². The van der Waals surface area contributed by atoms with Gasteiger partial charge in [-0.2, -0.15) is 0 Å². The Morgan fingerprint density at radius 2 is 2.27 bits per heavy atom. The molecule has 1 saturated carbocycles. The fraction of sp³-hybridized carbons (Fsp3) is 0.889. The number of ether oxygens (including phenoxy) is 1. The number of esters is 1. The number of cyclic esters (lactones) is 1. The second-order valence-corrected chi connectivity index (χ2v) is 3.81. The lowest BCUT2D eigenvalue weighted by Crippen LogP contribution is -2.34. The van der Waals surface area contributed by atoms with Crippen molar-refractivity contribution in [3.63, 3.8) is 0 Å². The maximum Gasteiger partial charge on any atom is 0.309 e. The van der Waals surface area contributed by atoms with E-state index < -0.39 is 0 Å². The minimum Gasteiger partial charge on any atom is -0.465 e. The van der Waals surface area contributed by atoms with E-state index >= 15 is 0 Å². The van der Waals surface area contributed by atoms with Crippen molar-refractivity contribution in [3.05, 3.63) is 0 Å². The van der Waals surface area contributed by atoms with E-state index in [9.17, 15) is 4.79 Å². The lowest BCUT2D eigenvalue weighted by molar-refractivity contribution is -0.159. The van der Waals surface area contributed by atoms with Crippen LogP contribution in [0.2, 0.25) is 0 Å². The van der Waals surface area contributed by atoms with E-state index in [1.807, 2.05) is 0 Å². The monoisotopic (exact) mass is 154 g/mol. The van der Waals surface area contributed by atoms with Gasteiger partial charge in [0.05, 0.1) is 12.5 Å². The van der Waals surface area contributed by atoms with Crippen LogP contribution in [0.25, 0.3) is 0 Å². The number of hydrogen-bond acceptors (Lipinski definition) is 2. The molecule has 0 bridgehead atoms. The number of fused-ring (bicyclic) bond motifs is 1. The quantitative estimate of drug-likeness (QED) is 0.495. The molecule has 0 N–H and O–H groups in total. The Labute approximate surface area is 66.9 Å². The molecule has 3 atom stereocenters. The van der Waals surface area contributed by atoms with Crippen LogP contribution in [0.4, 0.5) is 0 Å². The van der Waals surface area contributed by atoms with Gasteiger partial charge in [-0.3, -0.25) is 4.79 Å². The van der Waals surface area contributed by atoms with Gasteiger partial charge >= 0.3 is 5.97 Å². The summed E-state index contributed by atoms with van der Waals surface area (Å²) in [7, 11) is 0. The highest BCUT2D eigenvalue weighted by Crippen LogP contribution is 2.40. The topological polar surface area (TPSA) is 26.3 Å². The molecule has 1 heterocycles. The molecule has 1 saturated heterocycles. The molecule has 0 amide bonds. The summed E-state index contributed by atoms with van der Waals surface area (Å²) >= 11 is 0. The van der Waals surface area contributed by atoms with Gasteiger partial charge in [0.1, 0.15) is 0 Å². The van der Waals surface area contributed by atoms with Crippen molar-refractivity contribution in [1.29, 1.82) is 0 Å². The molecule has 2 unspecified atom stereocenters. The molecule has 1 aliphatic heterocycles. The van der Waals surface area contributed by atoms with E-state index in [0.717, 1.165) is 6.42 Å². The van der Waals surface area contributed by atoms with Crippen molar-refractivity contribution in [1.82, 2.24) is 0 Å². The maximum absolute atomic E-state index is 11.2. The first-order valence-corrected chi connectivity index (χ1v) is 4.45. The maximum atomic E-state index is 11.2. The van der Waals surface area contributed by atoms with E-state index in [2.05, 4.69) is 6.92 Å². The van der Waals surface area contributed by atoms with E-state index in [0.29, 0.717) is 18.4 Å². The lowest BCUT2D eigenvalue weighted by Gasteiger charge is -2.29. The molecule has 62 valence electrons. The van der Waals surface area contributed by atoms with E-state index in [-0.39, 0.29) is 11.9 Å². The Bertz CT molecular complexity index is 176. The Morgan fingerprint density at radius 3 is 3.00 bits per heavy atom. The third-order valence-corrected chi connectivity index (χ3v) is 3.09. The van der Waals surface area contributed by atoms with Gasteiger partial charge < -0.3 is 4.74 Å². The van der Waals surface area contributed by atoms with Gasteiger partial charge in [0.15, 0.2) is 0 Å². The normalized spacial score (nSPS) is 43.4. The molecule has 2 nitrogen and oxygen atoms in total. The van der Waals surface area contributed by atoms with Crippen LogP contribution in [-0.2, 0) is 9.53 Å². The first kappa shape index (κ1) is 7.14. The summed E-state index contributed by atoms with van der Waals surface area (Å²) < 4.78 is 5.07. The second-order valence-electron chi connectivity index (χ2n) is 3.81. The number of rotatable bonds is 0. The van der Waals surface area contributed by atoms with Gasteiger partial charge in [-0.25, -0.2) is 0 Å². The molecule has 2 rings (SSSR count). The van der Waals surface area contributed by atoms with Crippen molar-refractivity contribution in [2.75, 3.05) is 6.61 Å². The second kappa shape index (κ2) is 2.50. The minimum absolute atomic E-state index is 0.0607. The first-order valence-electron chi connectivity index (χ1n) is 4.45. The predicted molar refractivity (Wildman–Crippen MR) is 41.0 cm³/mol. The molecular formula is C9H14O2. The van der Waals surface area contributed by atoms with Crippen molar-refractivity contribution < 1.29 is 9.53 Å².